The molecular formula is C17H23ClN2O4S. The summed E-state index contributed by atoms with van der Waals surface area (Å²) in [6.07, 6.45) is 5.62. The Morgan fingerprint density at radius 2 is 2.12 bits per heavy atom. The summed E-state index contributed by atoms with van der Waals surface area (Å²) < 4.78 is 30.8. The lowest BCUT2D eigenvalue weighted by atomic mass is 9.95. The third kappa shape index (κ3) is 4.03. The lowest BCUT2D eigenvalue weighted by molar-refractivity contribution is -0.120. The molecule has 0 heterocycles. The van der Waals surface area contributed by atoms with Gasteiger partial charge in [-0.25, -0.2) is 8.42 Å². The number of nitrogens with zero attached hydrogens (tertiary/aromatic N) is 1. The van der Waals surface area contributed by atoms with Crippen LogP contribution in [0.15, 0.2) is 18.2 Å². The summed E-state index contributed by atoms with van der Waals surface area (Å²) in [6, 6.07) is 4.85. The summed E-state index contributed by atoms with van der Waals surface area (Å²) in [7, 11) is -2.23. The zero-order chi connectivity index (χ0) is 18.2. The number of ether oxygens (including phenoxy) is 1. The average molecular weight is 387 g/mol. The lowest BCUT2D eigenvalue weighted by Crippen LogP contribution is -2.45. The number of hydrogen-bond acceptors (Lipinski definition) is 4. The Kier molecular flexibility index (Phi) is 5.16. The Bertz CT molecular complexity index is 768. The molecule has 6 nitrogen and oxygen atoms in total. The number of hydrogen-bond donors (Lipinski definition) is 1. The number of methoxy groups -OCH3 is 1. The Morgan fingerprint density at radius 1 is 1.36 bits per heavy atom. The predicted molar refractivity (Wildman–Crippen MR) is 97.6 cm³/mol. The van der Waals surface area contributed by atoms with Crippen LogP contribution in [0.25, 0.3) is 0 Å². The minimum atomic E-state index is -3.67. The Morgan fingerprint density at radius 3 is 2.68 bits per heavy atom. The summed E-state index contributed by atoms with van der Waals surface area (Å²) in [4.78, 5) is 12.5. The van der Waals surface area contributed by atoms with E-state index in [0.717, 1.165) is 23.4 Å². The van der Waals surface area contributed by atoms with Gasteiger partial charge in [0.25, 0.3) is 0 Å². The van der Waals surface area contributed by atoms with Gasteiger partial charge in [0.1, 0.15) is 12.3 Å². The van der Waals surface area contributed by atoms with E-state index in [1.54, 1.807) is 12.1 Å². The van der Waals surface area contributed by atoms with Gasteiger partial charge in [0.15, 0.2) is 0 Å². The molecule has 3 rings (SSSR count). The van der Waals surface area contributed by atoms with Crippen molar-refractivity contribution in [1.29, 1.82) is 0 Å². The van der Waals surface area contributed by atoms with E-state index in [9.17, 15) is 13.2 Å². The van der Waals surface area contributed by atoms with Crippen molar-refractivity contribution in [2.75, 3.05) is 24.2 Å². The number of amides is 1. The lowest BCUT2D eigenvalue weighted by Gasteiger charge is -2.27. The number of carbonyl (C=O) groups is 1. The third-order valence-electron chi connectivity index (χ3n) is 5.18. The van der Waals surface area contributed by atoms with Crippen LogP contribution in [0.1, 0.15) is 25.7 Å². The number of nitrogens with one attached hydrogen (secondary N) is 1. The van der Waals surface area contributed by atoms with E-state index < -0.39 is 10.0 Å². The number of benzene rings is 1. The number of halogens is 1. The van der Waals surface area contributed by atoms with Crippen molar-refractivity contribution in [1.82, 2.24) is 5.32 Å². The molecule has 0 aromatic heterocycles. The first-order valence-corrected chi connectivity index (χ1v) is 10.6. The van der Waals surface area contributed by atoms with E-state index >= 15 is 0 Å². The summed E-state index contributed by atoms with van der Waals surface area (Å²) >= 11 is 6.01. The topological polar surface area (TPSA) is 75.7 Å². The fourth-order valence-corrected chi connectivity index (χ4v) is 5.06. The quantitative estimate of drug-likeness (QED) is 0.814. The molecule has 3 atom stereocenters. The van der Waals surface area contributed by atoms with Crippen LogP contribution in [0.3, 0.4) is 0 Å². The highest BCUT2D eigenvalue weighted by atomic mass is 35.5. The highest BCUT2D eigenvalue weighted by Gasteiger charge is 2.40. The van der Waals surface area contributed by atoms with Crippen molar-refractivity contribution in [2.45, 2.75) is 31.7 Å². The first-order valence-electron chi connectivity index (χ1n) is 8.38. The maximum atomic E-state index is 12.5. The minimum Gasteiger partial charge on any atom is -0.495 e. The third-order valence-corrected chi connectivity index (χ3v) is 6.54. The van der Waals surface area contributed by atoms with Gasteiger partial charge in [0, 0.05) is 11.1 Å². The van der Waals surface area contributed by atoms with Gasteiger partial charge in [-0.15, -0.1) is 0 Å². The molecule has 0 spiro atoms. The van der Waals surface area contributed by atoms with Crippen molar-refractivity contribution < 1.29 is 17.9 Å². The number of rotatable bonds is 6. The van der Waals surface area contributed by atoms with Gasteiger partial charge in [-0.2, -0.15) is 0 Å². The number of carbonyl (C=O) groups excluding carboxylic acids is 1. The van der Waals surface area contributed by atoms with Gasteiger partial charge in [0.2, 0.25) is 15.9 Å². The molecule has 138 valence electrons. The monoisotopic (exact) mass is 386 g/mol. The van der Waals surface area contributed by atoms with E-state index in [-0.39, 0.29) is 24.2 Å². The van der Waals surface area contributed by atoms with Gasteiger partial charge in [0.05, 0.1) is 19.1 Å². The molecule has 2 fully saturated rings. The molecule has 25 heavy (non-hydrogen) atoms. The van der Waals surface area contributed by atoms with Crippen LogP contribution >= 0.6 is 11.6 Å². The van der Waals surface area contributed by atoms with Crippen LogP contribution < -0.4 is 14.4 Å². The standard InChI is InChI=1S/C17H23ClN2O4S/c1-24-16-6-5-13(18)9-15(16)20(25(2,22)23)10-17(21)19-14-8-11-3-4-12(14)7-11/h5-6,9,11-12,14H,3-4,7-8,10H2,1-2H3,(H,19,21)/t11-,12-,14-/m1/s1. The molecule has 1 N–H and O–H groups in total. The highest BCUT2D eigenvalue weighted by molar-refractivity contribution is 7.92. The van der Waals surface area contributed by atoms with Gasteiger partial charge in [-0.05, 0) is 49.3 Å². The number of fused-ring (bicyclic) bond motifs is 2. The molecule has 1 aromatic rings. The Balaban J connectivity index is 1.78. The summed E-state index contributed by atoms with van der Waals surface area (Å²) in [5, 5.41) is 3.39. The molecule has 2 saturated carbocycles. The Hall–Kier alpha value is -1.47. The van der Waals surface area contributed by atoms with Crippen LogP contribution in [0.2, 0.25) is 5.02 Å². The molecule has 8 heteroatoms. The minimum absolute atomic E-state index is 0.161. The van der Waals surface area contributed by atoms with Gasteiger partial charge >= 0.3 is 0 Å². The van der Waals surface area contributed by atoms with Crippen molar-refractivity contribution in [3.63, 3.8) is 0 Å². The molecule has 2 aliphatic rings. The van der Waals surface area contributed by atoms with Gasteiger partial charge < -0.3 is 10.1 Å². The first-order chi connectivity index (χ1) is 11.8. The fraction of sp³-hybridized carbons (Fsp3) is 0.588. The van der Waals surface area contributed by atoms with Crippen LogP contribution in [-0.4, -0.2) is 40.3 Å². The largest absolute Gasteiger partial charge is 0.495 e. The van der Waals surface area contributed by atoms with Crippen LogP contribution in [0.4, 0.5) is 5.69 Å². The van der Waals surface area contributed by atoms with Crippen LogP contribution in [0, 0.1) is 11.8 Å². The molecule has 1 aromatic carbocycles. The van der Waals surface area contributed by atoms with Crippen molar-refractivity contribution >= 4 is 33.2 Å². The maximum Gasteiger partial charge on any atom is 0.241 e. The first kappa shape index (κ1) is 18.3. The second kappa shape index (κ2) is 7.03. The molecule has 1 amide bonds. The van der Waals surface area contributed by atoms with E-state index in [1.807, 2.05) is 0 Å². The van der Waals surface area contributed by atoms with Crippen molar-refractivity contribution in [3.8, 4) is 5.75 Å². The average Bonchev–Trinajstić information content (AvgIpc) is 3.14. The van der Waals surface area contributed by atoms with Gasteiger partial charge in [-0.3, -0.25) is 9.10 Å². The van der Waals surface area contributed by atoms with Crippen LogP contribution in [0.5, 0.6) is 5.75 Å². The number of anilines is 1. The maximum absolute atomic E-state index is 12.5. The smallest absolute Gasteiger partial charge is 0.241 e. The van der Waals surface area contributed by atoms with E-state index in [0.29, 0.717) is 22.6 Å². The van der Waals surface area contributed by atoms with Crippen molar-refractivity contribution in [2.24, 2.45) is 11.8 Å². The Labute approximate surface area is 153 Å². The zero-order valence-corrected chi connectivity index (χ0v) is 15.9. The summed E-state index contributed by atoms with van der Waals surface area (Å²) in [5.74, 6) is 1.28. The molecule has 2 bridgehead atoms. The zero-order valence-electron chi connectivity index (χ0n) is 14.4. The molecule has 0 unspecified atom stereocenters. The normalized spacial score (nSPS) is 25.0. The van der Waals surface area contributed by atoms with Gasteiger partial charge in [-0.1, -0.05) is 18.0 Å². The fourth-order valence-electron chi connectivity index (χ4n) is 4.04. The summed E-state index contributed by atoms with van der Waals surface area (Å²) in [6.45, 7) is -0.288. The van der Waals surface area contributed by atoms with E-state index in [1.165, 1.54) is 26.0 Å². The van der Waals surface area contributed by atoms with Crippen LogP contribution in [-0.2, 0) is 14.8 Å². The molecular weight excluding hydrogens is 364 g/mol. The molecule has 2 aliphatic carbocycles. The van der Waals surface area contributed by atoms with E-state index in [2.05, 4.69) is 5.32 Å². The second-order valence-electron chi connectivity index (χ2n) is 6.93. The molecule has 0 saturated heterocycles. The summed E-state index contributed by atoms with van der Waals surface area (Å²) in [5.41, 5.74) is 0.264. The molecule has 0 radical (unpaired) electrons. The van der Waals surface area contributed by atoms with E-state index in [4.69, 9.17) is 16.3 Å². The predicted octanol–water partition coefficient (Wildman–Crippen LogP) is 2.42. The highest BCUT2D eigenvalue weighted by Crippen LogP contribution is 2.44. The SMILES string of the molecule is COc1ccc(Cl)cc1N(CC(=O)N[C@@H]1C[C@@H]2CC[C@@H]1C2)S(C)(=O)=O. The van der Waals surface area contributed by atoms with Crippen molar-refractivity contribution in [3.05, 3.63) is 23.2 Å². The molecule has 0 aliphatic heterocycles. The number of sulfonamides is 1. The second-order valence-corrected chi connectivity index (χ2v) is 9.28.